The fourth-order valence-corrected chi connectivity index (χ4v) is 10.9. The molecule has 0 saturated heterocycles. The third-order valence-corrected chi connectivity index (χ3v) is 15.4. The summed E-state index contributed by atoms with van der Waals surface area (Å²) >= 11 is 0. The largest absolute Gasteiger partial charge is 0.456 e. The number of benzene rings is 8. The predicted octanol–water partition coefficient (Wildman–Crippen LogP) is -3.98. The third-order valence-electron chi connectivity index (χ3n) is 15.4. The van der Waals surface area contributed by atoms with Gasteiger partial charge in [-0.15, -0.1) is 32.8 Å². The molecule has 6 nitrogen and oxygen atoms in total. The molecule has 67 heavy (non-hydrogen) atoms. The van der Waals surface area contributed by atoms with Crippen LogP contribution in [0.4, 0.5) is 0 Å². The van der Waals surface area contributed by atoms with E-state index in [1.807, 2.05) is 24.3 Å². The molecule has 16 heteroatoms. The number of nitrogens with zero attached hydrogens (tertiary/aromatic N) is 4. The molecule has 4 aromatic heterocycles. The van der Waals surface area contributed by atoms with Crippen molar-refractivity contribution in [3.05, 3.63) is 121 Å². The molecule has 4 heterocycles. The van der Waals surface area contributed by atoms with Gasteiger partial charge in [-0.05, 0) is 65.7 Å². The number of fused-ring (bicyclic) bond motifs is 9. The first-order valence-electron chi connectivity index (χ1n) is 23.2. The molecule has 306 valence electrons. The van der Waals surface area contributed by atoms with Gasteiger partial charge in [-0.3, -0.25) is 0 Å². The van der Waals surface area contributed by atoms with Crippen molar-refractivity contribution < 1.29 is 8.83 Å². The van der Waals surface area contributed by atoms with E-state index in [9.17, 15) is 0 Å². The first kappa shape index (κ1) is 41.3. The Morgan fingerprint density at radius 3 is 1.51 bits per heavy atom. The van der Waals surface area contributed by atoms with E-state index < -0.39 is 0 Å². The molecule has 0 aliphatic rings. The lowest BCUT2D eigenvalue weighted by Gasteiger charge is -2.22. The Labute approximate surface area is 397 Å². The number of para-hydroxylation sites is 2. The van der Waals surface area contributed by atoms with Crippen LogP contribution in [0.2, 0.25) is 0 Å². The summed E-state index contributed by atoms with van der Waals surface area (Å²) in [5, 5.41) is 6.61. The number of hydrogen-bond acceptors (Lipinski definition) is 5. The Balaban J connectivity index is 1.05. The van der Waals surface area contributed by atoms with Crippen molar-refractivity contribution in [3.8, 4) is 51.0 Å². The fraction of sp³-hybridized carbons (Fsp3) is 0. The van der Waals surface area contributed by atoms with Crippen molar-refractivity contribution >= 4 is 199 Å². The van der Waals surface area contributed by atoms with Crippen molar-refractivity contribution in [2.24, 2.45) is 0 Å². The van der Waals surface area contributed by atoms with Gasteiger partial charge in [0, 0.05) is 60.8 Å². The van der Waals surface area contributed by atoms with Crippen LogP contribution in [0, 0.1) is 0 Å². The zero-order valence-corrected chi connectivity index (χ0v) is 39.7. The monoisotopic (exact) mass is 850 g/mol. The van der Waals surface area contributed by atoms with E-state index in [1.54, 1.807) is 0 Å². The highest BCUT2D eigenvalue weighted by Crippen LogP contribution is 2.41. The molecule has 12 aromatic rings. The van der Waals surface area contributed by atoms with E-state index in [0.717, 1.165) is 88.4 Å². The van der Waals surface area contributed by atoms with Gasteiger partial charge in [0.2, 0.25) is 0 Å². The van der Waals surface area contributed by atoms with Crippen molar-refractivity contribution in [2.75, 3.05) is 0 Å². The van der Waals surface area contributed by atoms with Gasteiger partial charge in [0.25, 0.3) is 0 Å². The van der Waals surface area contributed by atoms with Gasteiger partial charge in [0.1, 0.15) is 101 Å². The number of hydrogen-bond donors (Lipinski definition) is 0. The van der Waals surface area contributed by atoms with E-state index >= 15 is 0 Å². The van der Waals surface area contributed by atoms with Crippen LogP contribution in [-0.2, 0) is 0 Å². The van der Waals surface area contributed by atoms with Crippen LogP contribution >= 0.6 is 0 Å². The maximum atomic E-state index is 6.65. The van der Waals surface area contributed by atoms with Crippen molar-refractivity contribution in [3.63, 3.8) is 0 Å². The average molecular weight is 849 g/mol. The predicted molar refractivity (Wildman–Crippen MR) is 312 cm³/mol. The molecule has 0 aliphatic heterocycles. The van der Waals surface area contributed by atoms with E-state index in [-0.39, 0.29) is 0 Å². The molecule has 0 saturated carbocycles. The fourth-order valence-electron chi connectivity index (χ4n) is 10.9. The zero-order valence-electron chi connectivity index (χ0n) is 39.7. The number of aromatic nitrogens is 4. The van der Waals surface area contributed by atoms with Gasteiger partial charge >= 0.3 is 0 Å². The van der Waals surface area contributed by atoms with Gasteiger partial charge < -0.3 is 13.4 Å². The highest BCUT2D eigenvalue weighted by Gasteiger charge is 2.24. The molecule has 0 unspecified atom stereocenters. The van der Waals surface area contributed by atoms with E-state index in [1.165, 1.54) is 65.4 Å². The minimum atomic E-state index is 0.623. The van der Waals surface area contributed by atoms with E-state index in [2.05, 4.69) is 180 Å². The van der Waals surface area contributed by atoms with Crippen LogP contribution < -0.4 is 54.6 Å². The van der Waals surface area contributed by atoms with E-state index in [4.69, 9.17) is 23.8 Å². The summed E-state index contributed by atoms with van der Waals surface area (Å²) in [7, 11) is 22.1. The molecule has 0 amide bonds. The van der Waals surface area contributed by atoms with Gasteiger partial charge in [0.15, 0.2) is 17.5 Å². The molecular weight excluding hydrogens is 809 g/mol. The van der Waals surface area contributed by atoms with Gasteiger partial charge in [-0.25, -0.2) is 15.0 Å². The SMILES string of the molecule is Bc1c(B)c(B)c(-c2nc(-c3c(B)c(B)c(B)c(B)c3B)nc(-c3cccc4oc5ccc(-c6ccc7c(c6)c6ccccc6n7-c6ccc7c(c6)oc6ccccc67)cc5c34)n2)c(B)c1B. The minimum Gasteiger partial charge on any atom is -0.456 e. The lowest BCUT2D eigenvalue weighted by Crippen LogP contribution is -2.55. The van der Waals surface area contributed by atoms with Gasteiger partial charge in [0.05, 0.1) is 11.0 Å². The second kappa shape index (κ2) is 15.2. The third kappa shape index (κ3) is 6.14. The summed E-state index contributed by atoms with van der Waals surface area (Å²) < 4.78 is 15.3. The number of furan rings is 2. The Kier molecular flexibility index (Phi) is 9.35. The second-order valence-electron chi connectivity index (χ2n) is 18.7. The highest BCUT2D eigenvalue weighted by atomic mass is 16.3. The second-order valence-corrected chi connectivity index (χ2v) is 18.7. The standard InChI is InChI=1S/C51H40B10N4O2/c52-39-37(40(53)44(57)47(60)43(39)56)50-62-49(63-51(64-50)38-41(54)45(58)48(61)46(59)42(38)55)27-8-5-11-34-36(27)29-19-22(13-17-33(29)66-34)21-12-16-31-28(18-21)24-6-1-3-9-30(24)65(31)23-14-15-26-25-7-2-4-10-32(25)67-35(26)20-23/h1-20H,52-61H2. The molecule has 12 rings (SSSR count). The normalized spacial score (nSPS) is 11.9. The molecular formula is C51H40B10N4O2. The average Bonchev–Trinajstić information content (AvgIpc) is 4.02. The van der Waals surface area contributed by atoms with Crippen LogP contribution in [-0.4, -0.2) is 98.0 Å². The summed E-state index contributed by atoms with van der Waals surface area (Å²) in [4.78, 5) is 16.2. The van der Waals surface area contributed by atoms with E-state index in [0.29, 0.717) is 17.5 Å². The molecule has 0 bridgehead atoms. The summed E-state index contributed by atoms with van der Waals surface area (Å²) in [5.41, 5.74) is 24.4. The molecule has 0 spiro atoms. The molecule has 0 aliphatic carbocycles. The molecule has 0 N–H and O–H groups in total. The Morgan fingerprint density at radius 1 is 0.343 bits per heavy atom. The molecule has 0 atom stereocenters. The van der Waals surface area contributed by atoms with Crippen LogP contribution in [0.3, 0.4) is 0 Å². The smallest absolute Gasteiger partial charge is 0.164 e. The first-order valence-corrected chi connectivity index (χ1v) is 23.2. The highest BCUT2D eigenvalue weighted by molar-refractivity contribution is 6.70. The summed E-state index contributed by atoms with van der Waals surface area (Å²) in [6.07, 6.45) is 0. The minimum absolute atomic E-state index is 0.623. The first-order chi connectivity index (χ1) is 32.4. The number of rotatable bonds is 5. The summed E-state index contributed by atoms with van der Waals surface area (Å²) in [6.45, 7) is 0. The Hall–Kier alpha value is -7.18. The maximum Gasteiger partial charge on any atom is 0.164 e. The van der Waals surface area contributed by atoms with Crippen molar-refractivity contribution in [2.45, 2.75) is 0 Å². The molecule has 8 aromatic carbocycles. The van der Waals surface area contributed by atoms with Crippen molar-refractivity contribution in [1.29, 1.82) is 0 Å². The van der Waals surface area contributed by atoms with Crippen molar-refractivity contribution in [1.82, 2.24) is 19.5 Å². The summed E-state index contributed by atoms with van der Waals surface area (Å²) in [6, 6.07) is 43.0. The van der Waals surface area contributed by atoms with Crippen LogP contribution in [0.5, 0.6) is 0 Å². The Bertz CT molecular complexity index is 4000. The van der Waals surface area contributed by atoms with Gasteiger partial charge in [-0.1, -0.05) is 82.5 Å². The zero-order chi connectivity index (χ0) is 46.2. The van der Waals surface area contributed by atoms with Crippen LogP contribution in [0.15, 0.2) is 130 Å². The lowest BCUT2D eigenvalue weighted by atomic mass is 9.60. The lowest BCUT2D eigenvalue weighted by molar-refractivity contribution is 0.668. The van der Waals surface area contributed by atoms with Gasteiger partial charge in [-0.2, -0.15) is 0 Å². The quantitative estimate of drug-likeness (QED) is 0.166. The maximum absolute atomic E-state index is 6.65. The Morgan fingerprint density at radius 2 is 0.836 bits per heavy atom. The van der Waals surface area contributed by atoms with Crippen LogP contribution in [0.1, 0.15) is 0 Å². The topological polar surface area (TPSA) is 69.9 Å². The van der Waals surface area contributed by atoms with Crippen LogP contribution in [0.25, 0.3) is 117 Å². The summed E-state index contributed by atoms with van der Waals surface area (Å²) in [5.74, 6) is 2.00. The molecule has 0 radical (unpaired) electrons. The molecule has 0 fully saturated rings.